The van der Waals surface area contributed by atoms with Crippen molar-refractivity contribution in [2.24, 2.45) is 5.73 Å². The van der Waals surface area contributed by atoms with Gasteiger partial charge in [-0.25, -0.2) is 8.78 Å². The number of rotatable bonds is 4. The molecule has 0 spiro atoms. The molecule has 2 N–H and O–H groups in total. The van der Waals surface area contributed by atoms with Crippen LogP contribution in [0.25, 0.3) is 0 Å². The Balaban J connectivity index is 2.19. The summed E-state index contributed by atoms with van der Waals surface area (Å²) in [5.41, 5.74) is 6.18. The lowest BCUT2D eigenvalue weighted by molar-refractivity contribution is 0.284. The molecule has 0 saturated heterocycles. The Morgan fingerprint density at radius 1 is 1.15 bits per heavy atom. The maximum atomic E-state index is 13.4. The van der Waals surface area contributed by atoms with Crippen molar-refractivity contribution in [2.45, 2.75) is 6.61 Å². The summed E-state index contributed by atoms with van der Waals surface area (Å²) >= 11 is 4.76. The molecule has 0 amide bonds. The molecule has 0 aliphatic heterocycles. The fourth-order valence-corrected chi connectivity index (χ4v) is 1.75. The van der Waals surface area contributed by atoms with E-state index in [4.69, 9.17) is 22.7 Å². The van der Waals surface area contributed by atoms with Crippen molar-refractivity contribution >= 4 is 17.2 Å². The summed E-state index contributed by atoms with van der Waals surface area (Å²) < 4.78 is 44.8. The smallest absolute Gasteiger partial charge is 0.200 e. The van der Waals surface area contributed by atoms with E-state index < -0.39 is 17.5 Å². The fraction of sp³-hybridized carbons (Fsp3) is 0.0714. The third kappa shape index (κ3) is 3.27. The summed E-state index contributed by atoms with van der Waals surface area (Å²) in [6, 6.07) is 7.51. The third-order valence-corrected chi connectivity index (χ3v) is 2.79. The van der Waals surface area contributed by atoms with E-state index in [2.05, 4.69) is 0 Å². The number of hydrogen-bond acceptors (Lipinski definition) is 2. The summed E-state index contributed by atoms with van der Waals surface area (Å²) in [4.78, 5) is 0.0442. The molecular weight excluding hydrogens is 287 g/mol. The highest BCUT2D eigenvalue weighted by molar-refractivity contribution is 7.80. The molecular formula is C14H10F3NOS. The second kappa shape index (κ2) is 5.92. The Morgan fingerprint density at radius 2 is 1.90 bits per heavy atom. The SMILES string of the molecule is NC(=S)c1cc(F)cc(COc2cccc(F)c2F)c1. The Hall–Kier alpha value is -2.08. The van der Waals surface area contributed by atoms with Crippen LogP contribution in [-0.4, -0.2) is 4.99 Å². The van der Waals surface area contributed by atoms with Gasteiger partial charge in [-0.15, -0.1) is 0 Å². The maximum Gasteiger partial charge on any atom is 0.200 e. The minimum atomic E-state index is -1.08. The van der Waals surface area contributed by atoms with Crippen molar-refractivity contribution in [3.05, 3.63) is 65.0 Å². The minimum Gasteiger partial charge on any atom is -0.486 e. The van der Waals surface area contributed by atoms with Crippen molar-refractivity contribution in [1.82, 2.24) is 0 Å². The monoisotopic (exact) mass is 297 g/mol. The van der Waals surface area contributed by atoms with Gasteiger partial charge in [-0.3, -0.25) is 0 Å². The van der Waals surface area contributed by atoms with E-state index in [0.717, 1.165) is 6.07 Å². The van der Waals surface area contributed by atoms with Gasteiger partial charge in [-0.2, -0.15) is 4.39 Å². The number of hydrogen-bond donors (Lipinski definition) is 1. The summed E-state index contributed by atoms with van der Waals surface area (Å²) in [6.45, 7) is -0.131. The van der Waals surface area contributed by atoms with Crippen LogP contribution in [-0.2, 0) is 6.61 Å². The van der Waals surface area contributed by atoms with Crippen molar-refractivity contribution in [1.29, 1.82) is 0 Å². The van der Waals surface area contributed by atoms with Crippen LogP contribution >= 0.6 is 12.2 Å². The Bertz CT molecular complexity index is 661. The van der Waals surface area contributed by atoms with Crippen LogP contribution in [0.1, 0.15) is 11.1 Å². The predicted octanol–water partition coefficient (Wildman–Crippen LogP) is 3.32. The third-order valence-electron chi connectivity index (χ3n) is 2.55. The molecule has 20 heavy (non-hydrogen) atoms. The normalized spacial score (nSPS) is 10.3. The molecule has 0 aliphatic carbocycles. The molecule has 0 atom stereocenters. The summed E-state index contributed by atoms with van der Waals surface area (Å²) in [5, 5.41) is 0. The summed E-state index contributed by atoms with van der Waals surface area (Å²) in [7, 11) is 0. The lowest BCUT2D eigenvalue weighted by Gasteiger charge is -2.09. The zero-order chi connectivity index (χ0) is 14.7. The summed E-state index contributed by atoms with van der Waals surface area (Å²) in [6.07, 6.45) is 0. The van der Waals surface area contributed by atoms with Gasteiger partial charge < -0.3 is 10.5 Å². The highest BCUT2D eigenvalue weighted by Crippen LogP contribution is 2.20. The summed E-state index contributed by atoms with van der Waals surface area (Å²) in [5.74, 6) is -2.87. The van der Waals surface area contributed by atoms with Gasteiger partial charge in [0, 0.05) is 5.56 Å². The minimum absolute atomic E-state index is 0.0442. The van der Waals surface area contributed by atoms with Crippen LogP contribution in [0.15, 0.2) is 36.4 Å². The molecule has 0 aliphatic rings. The average Bonchev–Trinajstić information content (AvgIpc) is 2.40. The second-order valence-electron chi connectivity index (χ2n) is 4.05. The standard InChI is InChI=1S/C14H10F3NOS/c15-10-5-8(4-9(6-10)14(18)20)7-19-12-3-1-2-11(16)13(12)17/h1-6H,7H2,(H2,18,20). The lowest BCUT2D eigenvalue weighted by atomic mass is 10.1. The predicted molar refractivity (Wildman–Crippen MR) is 73.0 cm³/mol. The number of ether oxygens (including phenoxy) is 1. The molecule has 0 aromatic heterocycles. The van der Waals surface area contributed by atoms with Gasteiger partial charge in [0.1, 0.15) is 17.4 Å². The van der Waals surface area contributed by atoms with Crippen molar-refractivity contribution in [2.75, 3.05) is 0 Å². The van der Waals surface area contributed by atoms with Gasteiger partial charge in [0.2, 0.25) is 5.82 Å². The first-order valence-electron chi connectivity index (χ1n) is 5.63. The molecule has 0 unspecified atom stereocenters. The van der Waals surface area contributed by atoms with Gasteiger partial charge in [0.25, 0.3) is 0 Å². The fourth-order valence-electron chi connectivity index (χ4n) is 1.63. The molecule has 2 nitrogen and oxygen atoms in total. The van der Waals surface area contributed by atoms with E-state index in [1.807, 2.05) is 0 Å². The number of benzene rings is 2. The van der Waals surface area contributed by atoms with Crippen molar-refractivity contribution in [3.8, 4) is 5.75 Å². The van der Waals surface area contributed by atoms with Gasteiger partial charge in [0.15, 0.2) is 11.6 Å². The van der Waals surface area contributed by atoms with Crippen LogP contribution < -0.4 is 10.5 Å². The maximum absolute atomic E-state index is 13.4. The number of nitrogens with two attached hydrogens (primary N) is 1. The van der Waals surface area contributed by atoms with Crippen LogP contribution in [0.3, 0.4) is 0 Å². The van der Waals surface area contributed by atoms with Crippen molar-refractivity contribution in [3.63, 3.8) is 0 Å². The number of thiocarbonyl (C=S) groups is 1. The van der Waals surface area contributed by atoms with E-state index in [-0.39, 0.29) is 17.3 Å². The molecule has 2 rings (SSSR count). The molecule has 0 fully saturated rings. The molecule has 0 heterocycles. The highest BCUT2D eigenvalue weighted by atomic mass is 32.1. The highest BCUT2D eigenvalue weighted by Gasteiger charge is 2.09. The van der Waals surface area contributed by atoms with Gasteiger partial charge in [-0.05, 0) is 35.9 Å². The first-order valence-corrected chi connectivity index (χ1v) is 6.04. The van der Waals surface area contributed by atoms with Crippen LogP contribution in [0.4, 0.5) is 13.2 Å². The molecule has 6 heteroatoms. The van der Waals surface area contributed by atoms with E-state index in [1.165, 1.54) is 30.3 Å². The zero-order valence-electron chi connectivity index (χ0n) is 10.2. The van der Waals surface area contributed by atoms with Gasteiger partial charge in [0.05, 0.1) is 0 Å². The lowest BCUT2D eigenvalue weighted by Crippen LogP contribution is -2.10. The average molecular weight is 297 g/mol. The van der Waals surface area contributed by atoms with E-state index in [9.17, 15) is 13.2 Å². The molecule has 0 saturated carbocycles. The van der Waals surface area contributed by atoms with Crippen LogP contribution in [0.2, 0.25) is 0 Å². The Morgan fingerprint density at radius 3 is 2.60 bits per heavy atom. The van der Waals surface area contributed by atoms with Gasteiger partial charge in [-0.1, -0.05) is 18.3 Å². The number of halogens is 3. The van der Waals surface area contributed by atoms with Crippen LogP contribution in [0, 0.1) is 17.5 Å². The zero-order valence-corrected chi connectivity index (χ0v) is 11.0. The first kappa shape index (κ1) is 14.3. The molecule has 2 aromatic carbocycles. The van der Waals surface area contributed by atoms with Gasteiger partial charge >= 0.3 is 0 Å². The van der Waals surface area contributed by atoms with Crippen LogP contribution in [0.5, 0.6) is 5.75 Å². The second-order valence-corrected chi connectivity index (χ2v) is 4.49. The topological polar surface area (TPSA) is 35.2 Å². The quantitative estimate of drug-likeness (QED) is 0.879. The van der Waals surface area contributed by atoms with E-state index in [0.29, 0.717) is 11.1 Å². The molecule has 0 radical (unpaired) electrons. The first-order chi connectivity index (χ1) is 9.47. The largest absolute Gasteiger partial charge is 0.486 e. The Kier molecular flexibility index (Phi) is 4.24. The van der Waals surface area contributed by atoms with E-state index in [1.54, 1.807) is 0 Å². The molecule has 2 aromatic rings. The molecule has 104 valence electrons. The van der Waals surface area contributed by atoms with Crippen molar-refractivity contribution < 1.29 is 17.9 Å². The van der Waals surface area contributed by atoms with E-state index >= 15 is 0 Å². The Labute approximate surface area is 119 Å². The molecule has 0 bridgehead atoms.